The second kappa shape index (κ2) is 4.51. The lowest BCUT2D eigenvalue weighted by Crippen LogP contribution is -2.37. The van der Waals surface area contributed by atoms with Gasteiger partial charge in [0.1, 0.15) is 0 Å². The summed E-state index contributed by atoms with van der Waals surface area (Å²) in [5, 5.41) is 0. The Morgan fingerprint density at radius 3 is 2.27 bits per heavy atom. The molecule has 0 bridgehead atoms. The van der Waals surface area contributed by atoms with E-state index in [0.29, 0.717) is 0 Å². The standard InChI is InChI=1S/C5H10NO4P/c1-3(6)5(4(2)7)10-11(8)9/h3,5H,6H2,1-2H3/p+1. The summed E-state index contributed by atoms with van der Waals surface area (Å²) in [6.07, 6.45) is -0.983. The first-order valence-electron chi connectivity index (χ1n) is 3.04. The summed E-state index contributed by atoms with van der Waals surface area (Å²) in [5.41, 5.74) is 5.30. The van der Waals surface area contributed by atoms with Gasteiger partial charge >= 0.3 is 8.25 Å². The van der Waals surface area contributed by atoms with Crippen molar-refractivity contribution in [3.05, 3.63) is 0 Å². The largest absolute Gasteiger partial charge is 0.695 e. The highest BCUT2D eigenvalue weighted by Crippen LogP contribution is 2.19. The van der Waals surface area contributed by atoms with E-state index in [1.165, 1.54) is 13.8 Å². The monoisotopic (exact) mass is 180 g/mol. The zero-order valence-electron chi connectivity index (χ0n) is 6.35. The lowest BCUT2D eigenvalue weighted by molar-refractivity contribution is -0.124. The first-order chi connectivity index (χ1) is 4.95. The zero-order chi connectivity index (χ0) is 9.02. The minimum absolute atomic E-state index is 0.350. The minimum atomic E-state index is -2.76. The van der Waals surface area contributed by atoms with E-state index in [-0.39, 0.29) is 5.78 Å². The average molecular weight is 180 g/mol. The summed E-state index contributed by atoms with van der Waals surface area (Å²) < 4.78 is 14.5. The summed E-state index contributed by atoms with van der Waals surface area (Å²) in [7, 11) is -2.76. The third-order valence-electron chi connectivity index (χ3n) is 1.08. The minimum Gasteiger partial charge on any atom is -0.325 e. The smallest absolute Gasteiger partial charge is 0.325 e. The summed E-state index contributed by atoms with van der Waals surface area (Å²) in [6, 6.07) is -0.571. The Morgan fingerprint density at radius 1 is 1.73 bits per heavy atom. The number of carbonyl (C=O) groups excluding carboxylic acids is 1. The lowest BCUT2D eigenvalue weighted by Gasteiger charge is -2.09. The first kappa shape index (κ1) is 10.7. The fourth-order valence-corrected chi connectivity index (χ4v) is 1.17. The van der Waals surface area contributed by atoms with Crippen LogP contribution >= 0.6 is 8.25 Å². The van der Waals surface area contributed by atoms with Crippen LogP contribution in [0, 0.1) is 0 Å². The van der Waals surface area contributed by atoms with E-state index >= 15 is 0 Å². The molecule has 0 saturated heterocycles. The molecule has 0 fully saturated rings. The van der Waals surface area contributed by atoms with Crippen LogP contribution in [0.2, 0.25) is 0 Å². The molecule has 3 N–H and O–H groups in total. The number of carbonyl (C=O) groups is 1. The highest BCUT2D eigenvalue weighted by atomic mass is 31.1. The highest BCUT2D eigenvalue weighted by Gasteiger charge is 2.29. The molecule has 0 aliphatic rings. The van der Waals surface area contributed by atoms with Crippen molar-refractivity contribution in [2.45, 2.75) is 26.0 Å². The van der Waals surface area contributed by atoms with Crippen molar-refractivity contribution >= 4 is 14.0 Å². The predicted octanol–water partition coefficient (Wildman–Crippen LogP) is -0.0425. The van der Waals surface area contributed by atoms with E-state index in [1.807, 2.05) is 0 Å². The molecule has 0 aromatic heterocycles. The second-order valence-corrected chi connectivity index (χ2v) is 2.92. The molecule has 0 amide bonds. The van der Waals surface area contributed by atoms with Gasteiger partial charge in [-0.15, -0.1) is 9.42 Å². The van der Waals surface area contributed by atoms with Crippen molar-refractivity contribution in [1.82, 2.24) is 0 Å². The van der Waals surface area contributed by atoms with Gasteiger partial charge in [0.05, 0.1) is 0 Å². The maximum Gasteiger partial charge on any atom is 0.695 e. The Bertz CT molecular complexity index is 170. The maximum absolute atomic E-state index is 10.7. The molecule has 0 aromatic rings. The summed E-state index contributed by atoms with van der Waals surface area (Å²) in [5.74, 6) is -0.350. The van der Waals surface area contributed by atoms with Crippen LogP contribution in [0.5, 0.6) is 0 Å². The fraction of sp³-hybridized carbons (Fsp3) is 0.800. The molecule has 0 radical (unpaired) electrons. The van der Waals surface area contributed by atoms with Crippen LogP contribution in [0.15, 0.2) is 0 Å². The van der Waals surface area contributed by atoms with Crippen molar-refractivity contribution < 1.29 is 18.8 Å². The van der Waals surface area contributed by atoms with Crippen LogP contribution in [-0.4, -0.2) is 22.8 Å². The number of rotatable bonds is 4. The number of Topliss-reactive ketones (excluding diaryl/α,β-unsaturated/α-hetero) is 1. The van der Waals surface area contributed by atoms with E-state index in [9.17, 15) is 9.36 Å². The van der Waals surface area contributed by atoms with Gasteiger partial charge in [0.15, 0.2) is 11.9 Å². The molecular weight excluding hydrogens is 169 g/mol. The Morgan fingerprint density at radius 2 is 2.18 bits per heavy atom. The Hall–Kier alpha value is -0.350. The lowest BCUT2D eigenvalue weighted by atomic mass is 10.1. The van der Waals surface area contributed by atoms with E-state index in [1.54, 1.807) is 0 Å². The van der Waals surface area contributed by atoms with Crippen LogP contribution in [0.4, 0.5) is 0 Å². The summed E-state index contributed by atoms with van der Waals surface area (Å²) in [6.45, 7) is 2.79. The van der Waals surface area contributed by atoms with Crippen molar-refractivity contribution in [3.8, 4) is 0 Å². The normalized spacial score (nSPS) is 17.3. The van der Waals surface area contributed by atoms with E-state index < -0.39 is 20.4 Å². The third-order valence-corrected chi connectivity index (χ3v) is 1.49. The van der Waals surface area contributed by atoms with Crippen molar-refractivity contribution in [2.75, 3.05) is 0 Å². The number of hydrogen-bond donors (Lipinski definition) is 2. The molecule has 0 aliphatic carbocycles. The number of nitrogens with two attached hydrogens (primary N) is 1. The van der Waals surface area contributed by atoms with E-state index in [4.69, 9.17) is 10.6 Å². The van der Waals surface area contributed by atoms with Gasteiger partial charge in [0.2, 0.25) is 0 Å². The molecule has 0 heterocycles. The molecule has 0 aromatic carbocycles. The van der Waals surface area contributed by atoms with Gasteiger partial charge in [-0.05, 0) is 13.8 Å². The molecule has 0 aliphatic heterocycles. The van der Waals surface area contributed by atoms with Crippen LogP contribution < -0.4 is 5.73 Å². The quantitative estimate of drug-likeness (QED) is 0.592. The molecule has 0 saturated carbocycles. The van der Waals surface area contributed by atoms with Crippen LogP contribution in [0.1, 0.15) is 13.8 Å². The van der Waals surface area contributed by atoms with Crippen molar-refractivity contribution in [2.24, 2.45) is 5.73 Å². The van der Waals surface area contributed by atoms with Crippen LogP contribution in [-0.2, 0) is 13.9 Å². The molecule has 0 spiro atoms. The van der Waals surface area contributed by atoms with E-state index in [2.05, 4.69) is 4.52 Å². The van der Waals surface area contributed by atoms with Gasteiger partial charge in [-0.1, -0.05) is 0 Å². The first-order valence-corrected chi connectivity index (χ1v) is 4.17. The topological polar surface area (TPSA) is 89.6 Å². The van der Waals surface area contributed by atoms with Gasteiger partial charge in [-0.3, -0.25) is 4.79 Å². The molecule has 6 heteroatoms. The zero-order valence-corrected chi connectivity index (χ0v) is 7.25. The number of hydrogen-bond acceptors (Lipinski definition) is 4. The Balaban J connectivity index is 4.12. The Labute approximate surface area is 65.5 Å². The third kappa shape index (κ3) is 4.16. The molecule has 64 valence electrons. The Kier molecular flexibility index (Phi) is 4.37. The van der Waals surface area contributed by atoms with Gasteiger partial charge in [0, 0.05) is 10.6 Å². The van der Waals surface area contributed by atoms with Crippen molar-refractivity contribution in [3.63, 3.8) is 0 Å². The molecule has 3 unspecified atom stereocenters. The van der Waals surface area contributed by atoms with Crippen molar-refractivity contribution in [1.29, 1.82) is 0 Å². The van der Waals surface area contributed by atoms with Gasteiger partial charge < -0.3 is 5.73 Å². The second-order valence-electron chi connectivity index (χ2n) is 2.23. The highest BCUT2D eigenvalue weighted by molar-refractivity contribution is 7.32. The molecule has 11 heavy (non-hydrogen) atoms. The SMILES string of the molecule is CC(=O)C(O[P+](=O)O)C(C)N. The summed E-state index contributed by atoms with van der Waals surface area (Å²) >= 11 is 0. The molecule has 3 atom stereocenters. The molecule has 0 rings (SSSR count). The molecular formula is C5H11NO4P+. The predicted molar refractivity (Wildman–Crippen MR) is 39.0 cm³/mol. The maximum atomic E-state index is 10.7. The van der Waals surface area contributed by atoms with Gasteiger partial charge in [0.25, 0.3) is 0 Å². The van der Waals surface area contributed by atoms with E-state index in [0.717, 1.165) is 0 Å². The van der Waals surface area contributed by atoms with Crippen LogP contribution in [0.3, 0.4) is 0 Å². The average Bonchev–Trinajstić information content (AvgIpc) is 1.81. The number of ketones is 1. The molecule has 5 nitrogen and oxygen atoms in total. The van der Waals surface area contributed by atoms with Gasteiger partial charge in [-0.25, -0.2) is 0 Å². The van der Waals surface area contributed by atoms with Crippen LogP contribution in [0.25, 0.3) is 0 Å². The summed E-state index contributed by atoms with van der Waals surface area (Å²) in [4.78, 5) is 19.0. The van der Waals surface area contributed by atoms with Gasteiger partial charge in [-0.2, -0.15) is 0 Å². The fourth-order valence-electron chi connectivity index (χ4n) is 0.638.